The Balaban J connectivity index is -0.000000120. The molecule has 0 unspecified atom stereocenters. The van der Waals surface area contributed by atoms with Gasteiger partial charge in [0.2, 0.25) is 0 Å². The Hall–Kier alpha value is 0.680. The van der Waals surface area contributed by atoms with E-state index >= 15 is 0 Å². The van der Waals surface area contributed by atoms with Crippen molar-refractivity contribution in [3.8, 4) is 0 Å². The monoisotopic (exact) mass is 415 g/mol. The molecule has 0 heterocycles. The first-order chi connectivity index (χ1) is 9.20. The maximum atomic E-state index is 10.8. The molecule has 0 aromatic rings. The summed E-state index contributed by atoms with van der Waals surface area (Å²) in [5, 5.41) is 1.15. The molecule has 0 rings (SSSR count). The zero-order valence-electron chi connectivity index (χ0n) is 16.1. The van der Waals surface area contributed by atoms with Gasteiger partial charge in [-0.1, -0.05) is 0 Å². The predicted octanol–water partition coefficient (Wildman–Crippen LogP) is -4.11. The van der Waals surface area contributed by atoms with E-state index in [-0.39, 0.29) is 118 Å². The standard InChI is InChI=1S/C10H16N2O8.3Na.3H2O/c1-7(13)17-11(18-8(2)14)5-6-12(19-9(3)15)20-10(4)16;;;;;;/h5-6H2,1-4H3;;;;3*1H2. The van der Waals surface area contributed by atoms with Crippen LogP contribution in [0.1, 0.15) is 27.7 Å². The molecule has 141 valence electrons. The molecule has 0 aliphatic carbocycles. The van der Waals surface area contributed by atoms with Gasteiger partial charge in [0.25, 0.3) is 0 Å². The van der Waals surface area contributed by atoms with E-state index in [1.807, 2.05) is 0 Å². The van der Waals surface area contributed by atoms with Gasteiger partial charge in [0.15, 0.2) is 0 Å². The predicted molar refractivity (Wildman–Crippen MR) is 88.6 cm³/mol. The van der Waals surface area contributed by atoms with Crippen LogP contribution < -0.4 is 0 Å². The first-order valence-electron chi connectivity index (χ1n) is 5.50. The normalized spacial score (nSPS) is 7.77. The van der Waals surface area contributed by atoms with E-state index in [4.69, 9.17) is 0 Å². The fourth-order valence-corrected chi connectivity index (χ4v) is 0.957. The molecule has 0 fully saturated rings. The van der Waals surface area contributed by atoms with E-state index in [1.54, 1.807) is 0 Å². The molecule has 3 radical (unpaired) electrons. The maximum absolute atomic E-state index is 10.8. The molecule has 0 saturated heterocycles. The zero-order chi connectivity index (χ0) is 15.7. The molecule has 0 aliphatic heterocycles. The van der Waals surface area contributed by atoms with E-state index in [2.05, 4.69) is 19.4 Å². The van der Waals surface area contributed by atoms with Crippen molar-refractivity contribution in [1.29, 1.82) is 0 Å². The first-order valence-corrected chi connectivity index (χ1v) is 5.50. The summed E-state index contributed by atoms with van der Waals surface area (Å²) >= 11 is 0. The van der Waals surface area contributed by atoms with E-state index in [9.17, 15) is 19.2 Å². The molecule has 0 aromatic carbocycles. The van der Waals surface area contributed by atoms with Gasteiger partial charge in [-0.05, 0) is 0 Å². The van der Waals surface area contributed by atoms with Crippen molar-refractivity contribution in [3.63, 3.8) is 0 Å². The molecule has 0 aromatic heterocycles. The number of hydrogen-bond acceptors (Lipinski definition) is 10. The van der Waals surface area contributed by atoms with Gasteiger partial charge < -0.3 is 35.8 Å². The third-order valence-electron chi connectivity index (χ3n) is 1.39. The fourth-order valence-electron chi connectivity index (χ4n) is 0.957. The molecular formula is C10H22N2Na3O11. The summed E-state index contributed by atoms with van der Waals surface area (Å²) in [7, 11) is 0. The molecule has 13 nitrogen and oxygen atoms in total. The third-order valence-corrected chi connectivity index (χ3v) is 1.39. The van der Waals surface area contributed by atoms with Crippen LogP contribution in [0.3, 0.4) is 0 Å². The van der Waals surface area contributed by atoms with Gasteiger partial charge in [-0.3, -0.25) is 19.2 Å². The van der Waals surface area contributed by atoms with Gasteiger partial charge in [0.05, 0.1) is 13.1 Å². The summed E-state index contributed by atoms with van der Waals surface area (Å²) < 4.78 is 0. The Morgan fingerprint density at radius 3 is 0.808 bits per heavy atom. The Labute approximate surface area is 216 Å². The van der Waals surface area contributed by atoms with Crippen LogP contribution in [0.25, 0.3) is 0 Å². The Kier molecular flexibility index (Phi) is 44.9. The quantitative estimate of drug-likeness (QED) is 0.290. The minimum absolute atomic E-state index is 0. The van der Waals surface area contributed by atoms with E-state index < -0.39 is 23.9 Å². The number of rotatable bonds is 7. The molecule has 26 heavy (non-hydrogen) atoms. The van der Waals surface area contributed by atoms with Gasteiger partial charge in [0, 0.05) is 127 Å². The molecule has 16 heteroatoms. The second kappa shape index (κ2) is 25.7. The van der Waals surface area contributed by atoms with Crippen molar-refractivity contribution in [2.75, 3.05) is 13.1 Å². The van der Waals surface area contributed by atoms with Crippen molar-refractivity contribution >= 4 is 113 Å². The number of carbonyl (C=O) groups excluding carboxylic acids is 4. The molecule has 0 spiro atoms. The minimum Gasteiger partial charge on any atom is -0.412 e. The van der Waals surface area contributed by atoms with Crippen LogP contribution in [0.15, 0.2) is 0 Å². The van der Waals surface area contributed by atoms with Gasteiger partial charge in [-0.2, -0.15) is 0 Å². The van der Waals surface area contributed by atoms with Crippen LogP contribution in [0, 0.1) is 0 Å². The second-order valence-corrected chi connectivity index (χ2v) is 3.44. The van der Waals surface area contributed by atoms with Crippen molar-refractivity contribution < 1.29 is 55.0 Å². The van der Waals surface area contributed by atoms with Crippen LogP contribution in [-0.4, -0.2) is 153 Å². The maximum Gasteiger partial charge on any atom is 0.326 e. The van der Waals surface area contributed by atoms with Crippen molar-refractivity contribution in [3.05, 3.63) is 0 Å². The van der Waals surface area contributed by atoms with Gasteiger partial charge in [-0.25, -0.2) is 0 Å². The van der Waals surface area contributed by atoms with Crippen LogP contribution in [-0.2, 0) is 38.5 Å². The largest absolute Gasteiger partial charge is 0.412 e. The average Bonchev–Trinajstić information content (AvgIpc) is 2.22. The summed E-state index contributed by atoms with van der Waals surface area (Å²) in [5.74, 6) is -2.90. The molecular weight excluding hydrogens is 393 g/mol. The molecule has 0 aliphatic rings. The molecule has 0 atom stereocenters. The van der Waals surface area contributed by atoms with Crippen molar-refractivity contribution in [1.82, 2.24) is 10.5 Å². The van der Waals surface area contributed by atoms with Crippen LogP contribution in [0.5, 0.6) is 0 Å². The summed E-state index contributed by atoms with van der Waals surface area (Å²) in [4.78, 5) is 61.4. The zero-order valence-corrected chi connectivity index (χ0v) is 22.1. The van der Waals surface area contributed by atoms with E-state index in [1.165, 1.54) is 0 Å². The van der Waals surface area contributed by atoms with E-state index in [0.717, 1.165) is 27.7 Å². The van der Waals surface area contributed by atoms with Gasteiger partial charge in [0.1, 0.15) is 0 Å². The molecule has 6 N–H and O–H groups in total. The van der Waals surface area contributed by atoms with Crippen molar-refractivity contribution in [2.45, 2.75) is 27.7 Å². The second-order valence-electron chi connectivity index (χ2n) is 3.44. The Bertz CT molecular complexity index is 332. The average molecular weight is 415 g/mol. The van der Waals surface area contributed by atoms with Crippen LogP contribution in [0.4, 0.5) is 0 Å². The molecule has 0 amide bonds. The Morgan fingerprint density at radius 1 is 0.538 bits per heavy atom. The SMILES string of the molecule is CC(=O)ON(CCN(OC(C)=O)OC(C)=O)OC(C)=O.O.O.O.[Na].[Na].[Na]. The van der Waals surface area contributed by atoms with Crippen LogP contribution in [0.2, 0.25) is 0 Å². The number of carbonyl (C=O) groups is 4. The number of nitrogens with zero attached hydrogens (tertiary/aromatic N) is 2. The van der Waals surface area contributed by atoms with Crippen LogP contribution >= 0.6 is 0 Å². The minimum atomic E-state index is -0.724. The number of hydrogen-bond donors (Lipinski definition) is 0. The summed E-state index contributed by atoms with van der Waals surface area (Å²) in [6, 6.07) is 0. The molecule has 0 bridgehead atoms. The summed E-state index contributed by atoms with van der Waals surface area (Å²) in [6.45, 7) is 3.97. The Morgan fingerprint density at radius 2 is 0.692 bits per heavy atom. The topological polar surface area (TPSA) is 206 Å². The fraction of sp³-hybridized carbons (Fsp3) is 0.600. The summed E-state index contributed by atoms with van der Waals surface area (Å²) in [6.07, 6.45) is 0. The van der Waals surface area contributed by atoms with Gasteiger partial charge >= 0.3 is 23.9 Å². The smallest absolute Gasteiger partial charge is 0.326 e. The van der Waals surface area contributed by atoms with Gasteiger partial charge in [-0.15, -0.1) is 0 Å². The van der Waals surface area contributed by atoms with E-state index in [0.29, 0.717) is 10.5 Å². The first kappa shape index (κ1) is 45.4. The molecule has 0 saturated carbocycles. The summed E-state index contributed by atoms with van der Waals surface area (Å²) in [5.41, 5.74) is 0. The van der Waals surface area contributed by atoms with Crippen molar-refractivity contribution in [2.24, 2.45) is 0 Å². The third kappa shape index (κ3) is 29.4. The number of hydroxylamine groups is 4.